The normalized spacial score (nSPS) is 15.3. The Morgan fingerprint density at radius 2 is 0.736 bits per heavy atom. The van der Waals surface area contributed by atoms with Crippen LogP contribution in [-0.2, 0) is 40.9 Å². The van der Waals surface area contributed by atoms with Crippen LogP contribution in [0.1, 0.15) is 128 Å². The van der Waals surface area contributed by atoms with Gasteiger partial charge < -0.3 is 23.7 Å². The molecule has 0 saturated heterocycles. The maximum atomic E-state index is 5.53. The van der Waals surface area contributed by atoms with Crippen molar-refractivity contribution in [3.63, 3.8) is 0 Å². The minimum absolute atomic E-state index is 0.163. The van der Waals surface area contributed by atoms with Gasteiger partial charge in [-0.25, -0.2) is 0 Å². The molecule has 0 amide bonds. The van der Waals surface area contributed by atoms with E-state index in [0.717, 1.165) is 41.8 Å². The number of fused-ring (bicyclic) bond motifs is 4. The van der Waals surface area contributed by atoms with Crippen molar-refractivity contribution in [3.05, 3.63) is 112 Å². The molecule has 0 unspecified atom stereocenters. The summed E-state index contributed by atoms with van der Waals surface area (Å²) in [6.45, 7) is 29.2. The molecule has 0 bridgehead atoms. The summed E-state index contributed by atoms with van der Waals surface area (Å²) in [5.74, 6) is 4.54. The molecule has 4 aromatic rings. The largest absolute Gasteiger partial charge is 0.493 e. The zero-order valence-corrected chi connectivity index (χ0v) is 34.6. The Kier molecular flexibility index (Phi) is 12.2. The van der Waals surface area contributed by atoms with E-state index >= 15 is 0 Å². The van der Waals surface area contributed by atoms with Crippen molar-refractivity contribution in [1.82, 2.24) is 0 Å². The van der Waals surface area contributed by atoms with E-state index in [4.69, 9.17) is 23.7 Å². The number of benzene rings is 4. The average molecular weight is 721 g/mol. The molecular formula is C48H64O5. The van der Waals surface area contributed by atoms with Gasteiger partial charge >= 0.3 is 0 Å². The van der Waals surface area contributed by atoms with Crippen LogP contribution in [0.25, 0.3) is 0 Å². The molecule has 0 fully saturated rings. The zero-order chi connectivity index (χ0) is 38.6. The lowest BCUT2D eigenvalue weighted by Gasteiger charge is -2.23. The Balaban J connectivity index is 0.000000136. The van der Waals surface area contributed by atoms with Crippen LogP contribution in [-0.4, -0.2) is 26.6 Å². The highest BCUT2D eigenvalue weighted by atomic mass is 16.7. The summed E-state index contributed by atoms with van der Waals surface area (Å²) in [7, 11) is 0. The molecule has 0 spiro atoms. The van der Waals surface area contributed by atoms with Gasteiger partial charge in [-0.1, -0.05) is 126 Å². The summed E-state index contributed by atoms with van der Waals surface area (Å²) >= 11 is 0. The van der Waals surface area contributed by atoms with Gasteiger partial charge in [-0.2, -0.15) is 0 Å². The Morgan fingerprint density at radius 3 is 1.30 bits per heavy atom. The van der Waals surface area contributed by atoms with Crippen LogP contribution in [0.4, 0.5) is 0 Å². The molecule has 8 rings (SSSR count). The van der Waals surface area contributed by atoms with Crippen LogP contribution >= 0.6 is 0 Å². The maximum absolute atomic E-state index is 5.53. The van der Waals surface area contributed by atoms with E-state index in [1.54, 1.807) is 11.1 Å². The molecule has 53 heavy (non-hydrogen) atoms. The number of rotatable bonds is 0. The second kappa shape index (κ2) is 16.1. The molecule has 4 aliphatic rings. The summed E-state index contributed by atoms with van der Waals surface area (Å²) in [6, 6.07) is 25.9. The number of hydrogen-bond acceptors (Lipinski definition) is 5. The van der Waals surface area contributed by atoms with Gasteiger partial charge in [0.25, 0.3) is 0 Å². The topological polar surface area (TPSA) is 46.2 Å². The lowest BCUT2D eigenvalue weighted by atomic mass is 9.85. The predicted octanol–water partition coefficient (Wildman–Crippen LogP) is 11.9. The van der Waals surface area contributed by atoms with E-state index < -0.39 is 0 Å². The predicted molar refractivity (Wildman–Crippen MR) is 219 cm³/mol. The number of aryl methyl sites for hydroxylation is 2. The highest BCUT2D eigenvalue weighted by molar-refractivity contribution is 5.47. The van der Waals surface area contributed by atoms with Gasteiger partial charge in [0.05, 0.1) is 6.61 Å². The van der Waals surface area contributed by atoms with E-state index in [-0.39, 0.29) is 16.2 Å². The first-order valence-corrected chi connectivity index (χ1v) is 19.5. The van der Waals surface area contributed by atoms with E-state index in [0.29, 0.717) is 25.4 Å². The highest BCUT2D eigenvalue weighted by Gasteiger charge is 2.21. The van der Waals surface area contributed by atoms with E-state index in [2.05, 4.69) is 144 Å². The van der Waals surface area contributed by atoms with Crippen molar-refractivity contribution in [1.29, 1.82) is 0 Å². The first-order valence-electron chi connectivity index (χ1n) is 19.5. The number of hydrogen-bond donors (Lipinski definition) is 0. The van der Waals surface area contributed by atoms with Crippen LogP contribution < -0.4 is 23.7 Å². The van der Waals surface area contributed by atoms with Crippen molar-refractivity contribution in [3.8, 4) is 28.7 Å². The first-order chi connectivity index (χ1) is 24.8. The molecule has 5 nitrogen and oxygen atoms in total. The molecule has 0 aromatic heterocycles. The Hall–Kier alpha value is -4.12. The zero-order valence-electron chi connectivity index (χ0n) is 34.6. The minimum atomic E-state index is 0.163. The lowest BCUT2D eigenvalue weighted by Crippen LogP contribution is -2.17. The second-order valence-corrected chi connectivity index (χ2v) is 18.7. The monoisotopic (exact) mass is 720 g/mol. The summed E-state index contributed by atoms with van der Waals surface area (Å²) in [4.78, 5) is 0. The third kappa shape index (κ3) is 10.7. The summed E-state index contributed by atoms with van der Waals surface area (Å²) < 4.78 is 27.0. The Morgan fingerprint density at radius 1 is 0.340 bits per heavy atom. The summed E-state index contributed by atoms with van der Waals surface area (Å²) in [5, 5.41) is 0. The van der Waals surface area contributed by atoms with Gasteiger partial charge in [-0.3, -0.25) is 0 Å². The fraction of sp³-hybridized carbons (Fsp3) is 0.500. The van der Waals surface area contributed by atoms with Crippen LogP contribution in [0.15, 0.2) is 72.8 Å². The van der Waals surface area contributed by atoms with Gasteiger partial charge in [0, 0.05) is 6.42 Å². The van der Waals surface area contributed by atoms with Crippen LogP contribution in [0.5, 0.6) is 28.7 Å². The first kappa shape index (κ1) is 40.1. The standard InChI is InChI=1S/C13H18.C12H16O2.C12H16O.C11H14O2/c1-13(2,3)12-8-7-10-5-4-6-11(10)9-12;1-12(2,3)9-4-5-10-11(8-9)14-7-6-13-10;1-12(2,3)10-4-5-11-9(8-10)6-7-13-11;1-11(2,3)8-4-5-9-10(6-8)13-7-12-9/h7-9H,4-6H2,1-3H3;4-5,8H,6-7H2,1-3H3;4-5,8H,6-7H2,1-3H3;4-6H,7H2,1-3H3. The van der Waals surface area contributed by atoms with Gasteiger partial charge in [0.2, 0.25) is 6.79 Å². The second-order valence-electron chi connectivity index (χ2n) is 18.7. The van der Waals surface area contributed by atoms with Crippen molar-refractivity contribution >= 4 is 0 Å². The van der Waals surface area contributed by atoms with Crippen LogP contribution in [0.2, 0.25) is 0 Å². The van der Waals surface area contributed by atoms with Crippen molar-refractivity contribution < 1.29 is 23.7 Å². The summed E-state index contributed by atoms with van der Waals surface area (Å²) in [6.07, 6.45) is 5.00. The van der Waals surface area contributed by atoms with Crippen molar-refractivity contribution in [2.45, 2.75) is 130 Å². The number of ether oxygens (including phenoxy) is 5. The average Bonchev–Trinajstić information content (AvgIpc) is 3.87. The van der Waals surface area contributed by atoms with Gasteiger partial charge in [-0.05, 0) is 110 Å². The van der Waals surface area contributed by atoms with Gasteiger partial charge in [0.15, 0.2) is 23.0 Å². The molecule has 3 aliphatic heterocycles. The fourth-order valence-electron chi connectivity index (χ4n) is 6.56. The Bertz CT molecular complexity index is 1680. The van der Waals surface area contributed by atoms with Crippen molar-refractivity contribution in [2.24, 2.45) is 0 Å². The van der Waals surface area contributed by atoms with Crippen LogP contribution in [0, 0.1) is 0 Å². The molecule has 0 saturated carbocycles. The molecule has 5 heteroatoms. The third-order valence-electron chi connectivity index (χ3n) is 10.2. The van der Waals surface area contributed by atoms with E-state index in [9.17, 15) is 0 Å². The lowest BCUT2D eigenvalue weighted by molar-refractivity contribution is 0.171. The highest BCUT2D eigenvalue weighted by Crippen LogP contribution is 2.37. The smallest absolute Gasteiger partial charge is 0.231 e. The quantitative estimate of drug-likeness (QED) is 0.181. The molecule has 0 N–H and O–H groups in total. The minimum Gasteiger partial charge on any atom is -0.493 e. The van der Waals surface area contributed by atoms with Crippen molar-refractivity contribution in [2.75, 3.05) is 26.6 Å². The van der Waals surface area contributed by atoms with E-state index in [1.807, 2.05) is 12.1 Å². The molecule has 1 aliphatic carbocycles. The summed E-state index contributed by atoms with van der Waals surface area (Å²) in [5.41, 5.74) is 10.8. The van der Waals surface area contributed by atoms with Gasteiger partial charge in [-0.15, -0.1) is 0 Å². The molecule has 0 radical (unpaired) electrons. The molecule has 0 atom stereocenters. The molecule has 3 heterocycles. The fourth-order valence-corrected chi connectivity index (χ4v) is 6.56. The Labute approximate surface area is 320 Å². The van der Waals surface area contributed by atoms with Crippen LogP contribution in [0.3, 0.4) is 0 Å². The van der Waals surface area contributed by atoms with Gasteiger partial charge in [0.1, 0.15) is 19.0 Å². The molecular weight excluding hydrogens is 657 g/mol. The third-order valence-corrected chi connectivity index (χ3v) is 10.2. The maximum Gasteiger partial charge on any atom is 0.231 e. The van der Waals surface area contributed by atoms with E-state index in [1.165, 1.54) is 47.1 Å². The molecule has 286 valence electrons. The SMILES string of the molecule is CC(C)(C)c1ccc2c(c1)CCC2.CC(C)(C)c1ccc2c(c1)CCO2.CC(C)(C)c1ccc2c(c1)OCCO2.CC(C)(C)c1ccc2c(c1)OCO2. The molecule has 4 aromatic carbocycles.